The van der Waals surface area contributed by atoms with Crippen molar-refractivity contribution in [3.8, 4) is 0 Å². The molecule has 0 aromatic rings. The molecule has 0 bridgehead atoms. The molecule has 6 nitrogen and oxygen atoms in total. The van der Waals surface area contributed by atoms with Crippen molar-refractivity contribution in [2.24, 2.45) is 5.84 Å². The summed E-state index contributed by atoms with van der Waals surface area (Å²) in [6.07, 6.45) is 11.1. The van der Waals surface area contributed by atoms with Gasteiger partial charge in [0.15, 0.2) is 0 Å². The lowest BCUT2D eigenvalue weighted by Gasteiger charge is -2.23. The first-order chi connectivity index (χ1) is 10.0. The van der Waals surface area contributed by atoms with Gasteiger partial charge in [0.1, 0.15) is 0 Å². The average Bonchev–Trinajstić information content (AvgIpc) is 2.44. The summed E-state index contributed by atoms with van der Waals surface area (Å²) in [7, 11) is 0. The van der Waals surface area contributed by atoms with E-state index in [1.807, 2.05) is 5.43 Å². The fraction of sp³-hybridized carbons (Fsp3) is 0.867. The molecule has 124 valence electrons. The molecule has 0 aliphatic rings. The molecule has 0 spiro atoms. The summed E-state index contributed by atoms with van der Waals surface area (Å²) >= 11 is 0. The number of rotatable bonds is 14. The summed E-state index contributed by atoms with van der Waals surface area (Å²) in [4.78, 5) is 22.1. The Bertz CT molecular complexity index is 294. The van der Waals surface area contributed by atoms with Gasteiger partial charge in [-0.1, -0.05) is 71.1 Å². The van der Waals surface area contributed by atoms with Crippen LogP contribution in [0, 0.1) is 0 Å². The highest BCUT2D eigenvalue weighted by Gasteiger charge is 2.45. The first-order valence-corrected chi connectivity index (χ1v) is 7.95. The van der Waals surface area contributed by atoms with Gasteiger partial charge in [0.25, 0.3) is 0 Å². The molecule has 0 aromatic heterocycles. The number of unbranched alkanes of at least 4 members (excludes halogenated alkanes) is 9. The van der Waals surface area contributed by atoms with Crippen LogP contribution in [0.2, 0.25) is 0 Å². The van der Waals surface area contributed by atoms with E-state index in [0.717, 1.165) is 19.3 Å². The molecule has 0 saturated carbocycles. The predicted molar refractivity (Wildman–Crippen MR) is 81.8 cm³/mol. The molecule has 0 aliphatic carbocycles. The van der Waals surface area contributed by atoms with Gasteiger partial charge >= 0.3 is 11.9 Å². The number of nitrogens with two attached hydrogens (primary N) is 1. The molecule has 6 heteroatoms. The number of hydrazine groups is 1. The SMILES string of the molecule is CCCCCCCCCCCCC(NN)(C(=O)O)C(=O)O. The number of hydrogen-bond acceptors (Lipinski definition) is 4. The lowest BCUT2D eigenvalue weighted by atomic mass is 9.92. The number of aliphatic carboxylic acids is 2. The minimum atomic E-state index is -2.06. The molecule has 0 aromatic carbocycles. The summed E-state index contributed by atoms with van der Waals surface area (Å²) in [5, 5.41) is 18.0. The Labute approximate surface area is 127 Å². The van der Waals surface area contributed by atoms with Crippen molar-refractivity contribution in [3.05, 3.63) is 0 Å². The smallest absolute Gasteiger partial charge is 0.336 e. The molecule has 0 amide bonds. The molecule has 5 N–H and O–H groups in total. The van der Waals surface area contributed by atoms with Gasteiger partial charge in [-0.25, -0.2) is 15.0 Å². The molecule has 0 heterocycles. The number of carboxylic acid groups (broad SMARTS) is 2. The highest BCUT2D eigenvalue weighted by atomic mass is 16.4. The Morgan fingerprint density at radius 3 is 1.57 bits per heavy atom. The maximum absolute atomic E-state index is 11.1. The van der Waals surface area contributed by atoms with Crippen LogP contribution in [0.4, 0.5) is 0 Å². The fourth-order valence-electron chi connectivity index (χ4n) is 2.38. The second-order valence-electron chi connectivity index (χ2n) is 5.59. The molecule has 0 saturated heterocycles. The minimum absolute atomic E-state index is 0.00463. The monoisotopic (exact) mass is 302 g/mol. The second-order valence-corrected chi connectivity index (χ2v) is 5.59. The third kappa shape index (κ3) is 7.43. The maximum atomic E-state index is 11.1. The lowest BCUT2D eigenvalue weighted by molar-refractivity contribution is -0.159. The van der Waals surface area contributed by atoms with Crippen molar-refractivity contribution in [1.29, 1.82) is 0 Å². The summed E-state index contributed by atoms with van der Waals surface area (Å²) in [6, 6.07) is 0. The summed E-state index contributed by atoms with van der Waals surface area (Å²) in [6.45, 7) is 2.20. The van der Waals surface area contributed by atoms with E-state index in [9.17, 15) is 9.59 Å². The van der Waals surface area contributed by atoms with Crippen LogP contribution in [0.3, 0.4) is 0 Å². The summed E-state index contributed by atoms with van der Waals surface area (Å²) in [5.74, 6) is 2.25. The Morgan fingerprint density at radius 2 is 1.24 bits per heavy atom. The van der Waals surface area contributed by atoms with Crippen molar-refractivity contribution < 1.29 is 19.8 Å². The molecule has 0 aliphatic heterocycles. The minimum Gasteiger partial charge on any atom is -0.479 e. The maximum Gasteiger partial charge on any atom is 0.336 e. The summed E-state index contributed by atoms with van der Waals surface area (Å²) < 4.78 is 0. The van der Waals surface area contributed by atoms with Crippen LogP contribution in [-0.2, 0) is 9.59 Å². The molecule has 0 radical (unpaired) electrons. The Hall–Kier alpha value is -1.14. The van der Waals surface area contributed by atoms with E-state index in [1.54, 1.807) is 0 Å². The third-order valence-corrected chi connectivity index (χ3v) is 3.88. The van der Waals surface area contributed by atoms with E-state index in [0.29, 0.717) is 6.42 Å². The van der Waals surface area contributed by atoms with Crippen LogP contribution in [0.15, 0.2) is 0 Å². The molecule has 0 unspecified atom stereocenters. The highest BCUT2D eigenvalue weighted by Crippen LogP contribution is 2.17. The van der Waals surface area contributed by atoms with Crippen molar-refractivity contribution in [1.82, 2.24) is 5.43 Å². The molecular weight excluding hydrogens is 272 g/mol. The zero-order valence-corrected chi connectivity index (χ0v) is 13.1. The third-order valence-electron chi connectivity index (χ3n) is 3.88. The van der Waals surface area contributed by atoms with Gasteiger partial charge in [0.2, 0.25) is 5.54 Å². The Kier molecular flexibility index (Phi) is 10.9. The molecular formula is C15H30N2O4. The highest BCUT2D eigenvalue weighted by molar-refractivity contribution is 6.03. The molecule has 0 atom stereocenters. The van der Waals surface area contributed by atoms with Gasteiger partial charge in [-0.2, -0.15) is 0 Å². The van der Waals surface area contributed by atoms with Crippen LogP contribution in [0.25, 0.3) is 0 Å². The van der Waals surface area contributed by atoms with Gasteiger partial charge in [-0.05, 0) is 6.42 Å². The topological polar surface area (TPSA) is 113 Å². The number of hydrogen-bond donors (Lipinski definition) is 4. The average molecular weight is 302 g/mol. The standard InChI is InChI=1S/C15H30N2O4/c1-2-3-4-5-6-7-8-9-10-11-12-15(17-16,13(18)19)14(20)21/h17H,2-12,16H2,1H3,(H,18,19)(H,20,21). The zero-order valence-electron chi connectivity index (χ0n) is 13.1. The first-order valence-electron chi connectivity index (χ1n) is 7.95. The molecule has 0 fully saturated rings. The van der Waals surface area contributed by atoms with E-state index < -0.39 is 17.5 Å². The van der Waals surface area contributed by atoms with Gasteiger partial charge in [-0.3, -0.25) is 5.84 Å². The van der Waals surface area contributed by atoms with E-state index in [1.165, 1.54) is 38.5 Å². The number of carbonyl (C=O) groups is 2. The van der Waals surface area contributed by atoms with Crippen LogP contribution >= 0.6 is 0 Å². The fourth-order valence-corrected chi connectivity index (χ4v) is 2.38. The molecule has 21 heavy (non-hydrogen) atoms. The van der Waals surface area contributed by atoms with E-state index in [-0.39, 0.29) is 6.42 Å². The summed E-state index contributed by atoms with van der Waals surface area (Å²) in [5.41, 5.74) is -0.109. The van der Waals surface area contributed by atoms with Gasteiger partial charge in [0.05, 0.1) is 0 Å². The normalized spacial score (nSPS) is 11.5. The van der Waals surface area contributed by atoms with Crippen LogP contribution in [-0.4, -0.2) is 27.7 Å². The van der Waals surface area contributed by atoms with Crippen LogP contribution < -0.4 is 11.3 Å². The van der Waals surface area contributed by atoms with Crippen LogP contribution in [0.5, 0.6) is 0 Å². The zero-order chi connectivity index (χ0) is 16.1. The lowest BCUT2D eigenvalue weighted by Crippen LogP contribution is -2.61. The number of carboxylic acids is 2. The van der Waals surface area contributed by atoms with Crippen molar-refractivity contribution in [3.63, 3.8) is 0 Å². The Balaban J connectivity index is 3.73. The Morgan fingerprint density at radius 1 is 0.857 bits per heavy atom. The second kappa shape index (κ2) is 11.5. The van der Waals surface area contributed by atoms with Gasteiger partial charge in [0, 0.05) is 0 Å². The van der Waals surface area contributed by atoms with Crippen molar-refractivity contribution in [2.75, 3.05) is 0 Å². The number of nitrogens with one attached hydrogen (secondary N) is 1. The van der Waals surface area contributed by atoms with Crippen molar-refractivity contribution >= 4 is 11.9 Å². The van der Waals surface area contributed by atoms with Crippen LogP contribution in [0.1, 0.15) is 77.6 Å². The predicted octanol–water partition coefficient (Wildman–Crippen LogP) is 2.67. The van der Waals surface area contributed by atoms with Gasteiger partial charge < -0.3 is 10.2 Å². The van der Waals surface area contributed by atoms with Gasteiger partial charge in [-0.15, -0.1) is 0 Å². The van der Waals surface area contributed by atoms with Crippen molar-refractivity contribution in [2.45, 2.75) is 83.1 Å². The molecule has 0 rings (SSSR count). The first kappa shape index (κ1) is 19.9. The van der Waals surface area contributed by atoms with E-state index in [2.05, 4.69) is 6.92 Å². The van der Waals surface area contributed by atoms with E-state index in [4.69, 9.17) is 16.1 Å². The quantitative estimate of drug-likeness (QED) is 0.170. The largest absolute Gasteiger partial charge is 0.479 e. The van der Waals surface area contributed by atoms with E-state index >= 15 is 0 Å².